The van der Waals surface area contributed by atoms with E-state index < -0.39 is 0 Å². The van der Waals surface area contributed by atoms with Crippen LogP contribution < -0.4 is 10.6 Å². The molecule has 1 aromatic heterocycles. The topological polar surface area (TPSA) is 64.5 Å². The van der Waals surface area contributed by atoms with Crippen molar-refractivity contribution in [1.29, 1.82) is 0 Å². The van der Waals surface area contributed by atoms with E-state index in [1.807, 2.05) is 12.1 Å². The van der Waals surface area contributed by atoms with E-state index in [0.29, 0.717) is 5.88 Å². The summed E-state index contributed by atoms with van der Waals surface area (Å²) >= 11 is 3.49. The van der Waals surface area contributed by atoms with Crippen molar-refractivity contribution < 1.29 is 9.26 Å². The highest BCUT2D eigenvalue weighted by Crippen LogP contribution is 2.33. The first-order valence-electron chi connectivity index (χ1n) is 6.09. The molecule has 1 saturated heterocycles. The summed E-state index contributed by atoms with van der Waals surface area (Å²) in [6.45, 7) is 3.25. The average Bonchev–Trinajstić information content (AvgIpc) is 2.86. The molecule has 100 valence electrons. The van der Waals surface area contributed by atoms with E-state index in [2.05, 4.69) is 32.1 Å². The Morgan fingerprint density at radius 1 is 1.21 bits per heavy atom. The highest BCUT2D eigenvalue weighted by atomic mass is 79.9. The van der Waals surface area contributed by atoms with E-state index in [1.165, 1.54) is 0 Å². The van der Waals surface area contributed by atoms with Crippen LogP contribution in [0.15, 0.2) is 33.3 Å². The van der Waals surface area contributed by atoms with Gasteiger partial charge in [0.2, 0.25) is 5.88 Å². The molecule has 3 rings (SSSR count). The quantitative estimate of drug-likeness (QED) is 0.920. The first-order valence-corrected chi connectivity index (χ1v) is 6.88. The summed E-state index contributed by atoms with van der Waals surface area (Å²) in [6, 6.07) is 7.88. The second-order valence-electron chi connectivity index (χ2n) is 4.38. The average molecular weight is 324 g/mol. The minimum atomic E-state index is 0.322. The van der Waals surface area contributed by atoms with E-state index in [1.54, 1.807) is 6.07 Å². The lowest BCUT2D eigenvalue weighted by Crippen LogP contribution is -2.36. The highest BCUT2D eigenvalue weighted by Gasteiger charge is 2.17. The van der Waals surface area contributed by atoms with Gasteiger partial charge in [0.25, 0.3) is 0 Å². The normalized spacial score (nSPS) is 15.7. The molecule has 19 heavy (non-hydrogen) atoms. The summed E-state index contributed by atoms with van der Waals surface area (Å²) in [5.41, 5.74) is 8.49. The van der Waals surface area contributed by atoms with Gasteiger partial charge in [0.05, 0.1) is 13.2 Å². The number of nitrogen functional groups attached to an aromatic ring is 1. The molecule has 2 aromatic rings. The minimum Gasteiger partial charge on any atom is -0.378 e. The third-order valence-corrected chi connectivity index (χ3v) is 3.61. The third kappa shape index (κ3) is 2.59. The maximum absolute atomic E-state index is 5.61. The van der Waals surface area contributed by atoms with Crippen LogP contribution in [0.25, 0.3) is 11.3 Å². The summed E-state index contributed by atoms with van der Waals surface area (Å²) < 4.78 is 11.4. The van der Waals surface area contributed by atoms with Crippen LogP contribution in [0.2, 0.25) is 0 Å². The molecule has 0 aliphatic carbocycles. The number of hydrogen-bond donors (Lipinski definition) is 1. The summed E-state index contributed by atoms with van der Waals surface area (Å²) in [5.74, 6) is 0.322. The van der Waals surface area contributed by atoms with Gasteiger partial charge in [0.1, 0.15) is 5.69 Å². The van der Waals surface area contributed by atoms with Crippen molar-refractivity contribution in [1.82, 2.24) is 5.16 Å². The molecule has 0 amide bonds. The standard InChI is InChI=1S/C13H14BrN3O2/c14-9-1-2-12(17-3-5-18-6-4-17)10(7-9)11-8-13(15)19-16-11/h1-2,7-8H,3-6,15H2. The second kappa shape index (κ2) is 5.22. The Morgan fingerprint density at radius 3 is 2.68 bits per heavy atom. The van der Waals surface area contributed by atoms with Crippen molar-refractivity contribution in [3.63, 3.8) is 0 Å². The molecule has 1 aromatic carbocycles. The van der Waals surface area contributed by atoms with Crippen molar-refractivity contribution in [2.75, 3.05) is 36.9 Å². The fourth-order valence-electron chi connectivity index (χ4n) is 2.21. The van der Waals surface area contributed by atoms with Gasteiger partial charge >= 0.3 is 0 Å². The summed E-state index contributed by atoms with van der Waals surface area (Å²) in [6.07, 6.45) is 0. The third-order valence-electron chi connectivity index (χ3n) is 3.11. The Kier molecular flexibility index (Phi) is 3.44. The molecule has 6 heteroatoms. The molecule has 2 heterocycles. The first kappa shape index (κ1) is 12.5. The minimum absolute atomic E-state index is 0.322. The number of rotatable bonds is 2. The van der Waals surface area contributed by atoms with Crippen LogP contribution in [0, 0.1) is 0 Å². The first-order chi connectivity index (χ1) is 9.24. The van der Waals surface area contributed by atoms with Gasteiger partial charge in [0, 0.05) is 34.9 Å². The Balaban J connectivity index is 2.03. The van der Waals surface area contributed by atoms with Gasteiger partial charge in [-0.3, -0.25) is 0 Å². The zero-order chi connectivity index (χ0) is 13.2. The van der Waals surface area contributed by atoms with E-state index in [0.717, 1.165) is 47.7 Å². The molecule has 0 spiro atoms. The van der Waals surface area contributed by atoms with E-state index >= 15 is 0 Å². The lowest BCUT2D eigenvalue weighted by Gasteiger charge is -2.30. The Labute approximate surface area is 119 Å². The number of ether oxygens (including phenoxy) is 1. The van der Waals surface area contributed by atoms with Gasteiger partial charge in [-0.1, -0.05) is 21.1 Å². The van der Waals surface area contributed by atoms with Crippen LogP contribution in [0.5, 0.6) is 0 Å². The van der Waals surface area contributed by atoms with Gasteiger partial charge in [-0.25, -0.2) is 0 Å². The van der Waals surface area contributed by atoms with Crippen LogP contribution in [-0.2, 0) is 4.74 Å². The number of benzene rings is 1. The largest absolute Gasteiger partial charge is 0.378 e. The molecule has 0 saturated carbocycles. The molecular weight excluding hydrogens is 310 g/mol. The molecule has 1 aliphatic heterocycles. The van der Waals surface area contributed by atoms with Crippen molar-refractivity contribution in [2.24, 2.45) is 0 Å². The molecule has 1 fully saturated rings. The Bertz CT molecular complexity index is 579. The van der Waals surface area contributed by atoms with Gasteiger partial charge in [-0.15, -0.1) is 0 Å². The van der Waals surface area contributed by atoms with Gasteiger partial charge < -0.3 is 19.9 Å². The van der Waals surface area contributed by atoms with Crippen molar-refractivity contribution in [2.45, 2.75) is 0 Å². The van der Waals surface area contributed by atoms with Gasteiger partial charge in [0.15, 0.2) is 0 Å². The molecule has 1 aliphatic rings. The molecule has 0 unspecified atom stereocenters. The fraction of sp³-hybridized carbons (Fsp3) is 0.308. The van der Waals surface area contributed by atoms with Gasteiger partial charge in [-0.2, -0.15) is 0 Å². The van der Waals surface area contributed by atoms with Crippen LogP contribution in [0.1, 0.15) is 0 Å². The number of morpholine rings is 1. The molecule has 0 radical (unpaired) electrons. The Hall–Kier alpha value is -1.53. The zero-order valence-electron chi connectivity index (χ0n) is 10.3. The molecule has 0 bridgehead atoms. The number of aromatic nitrogens is 1. The highest BCUT2D eigenvalue weighted by molar-refractivity contribution is 9.10. The van der Waals surface area contributed by atoms with E-state index in [-0.39, 0.29) is 0 Å². The predicted octanol–water partition coefficient (Wildman–Crippen LogP) is 2.52. The van der Waals surface area contributed by atoms with Crippen molar-refractivity contribution in [3.8, 4) is 11.3 Å². The SMILES string of the molecule is Nc1cc(-c2cc(Br)ccc2N2CCOCC2)no1. The predicted molar refractivity (Wildman–Crippen MR) is 77.1 cm³/mol. The summed E-state index contributed by atoms with van der Waals surface area (Å²) in [4.78, 5) is 2.29. The smallest absolute Gasteiger partial charge is 0.222 e. The van der Waals surface area contributed by atoms with E-state index in [9.17, 15) is 0 Å². The number of nitrogens with two attached hydrogens (primary N) is 1. The monoisotopic (exact) mass is 323 g/mol. The lowest BCUT2D eigenvalue weighted by atomic mass is 10.1. The molecule has 0 atom stereocenters. The van der Waals surface area contributed by atoms with E-state index in [4.69, 9.17) is 15.0 Å². The lowest BCUT2D eigenvalue weighted by molar-refractivity contribution is 0.123. The summed E-state index contributed by atoms with van der Waals surface area (Å²) in [5, 5.41) is 4.00. The van der Waals surface area contributed by atoms with Crippen LogP contribution >= 0.6 is 15.9 Å². The van der Waals surface area contributed by atoms with Crippen LogP contribution in [-0.4, -0.2) is 31.5 Å². The number of hydrogen-bond acceptors (Lipinski definition) is 5. The van der Waals surface area contributed by atoms with Crippen molar-refractivity contribution >= 4 is 27.5 Å². The Morgan fingerprint density at radius 2 is 2.00 bits per heavy atom. The molecule has 2 N–H and O–H groups in total. The van der Waals surface area contributed by atoms with Crippen LogP contribution in [0.3, 0.4) is 0 Å². The summed E-state index contributed by atoms with van der Waals surface area (Å²) in [7, 11) is 0. The maximum atomic E-state index is 5.61. The maximum Gasteiger partial charge on any atom is 0.222 e. The number of halogens is 1. The van der Waals surface area contributed by atoms with Crippen LogP contribution in [0.4, 0.5) is 11.6 Å². The van der Waals surface area contributed by atoms with Crippen molar-refractivity contribution in [3.05, 3.63) is 28.7 Å². The number of anilines is 2. The zero-order valence-corrected chi connectivity index (χ0v) is 11.9. The van der Waals surface area contributed by atoms with Gasteiger partial charge in [-0.05, 0) is 18.2 Å². The second-order valence-corrected chi connectivity index (χ2v) is 5.29. The number of nitrogens with zero attached hydrogens (tertiary/aromatic N) is 2. The molecule has 5 nitrogen and oxygen atoms in total. The molecular formula is C13H14BrN3O2. The fourth-order valence-corrected chi connectivity index (χ4v) is 2.57.